The molecule has 2 fully saturated rings. The summed E-state index contributed by atoms with van der Waals surface area (Å²) in [6.07, 6.45) is 3.38. The van der Waals surface area contributed by atoms with Gasteiger partial charge < -0.3 is 23.9 Å². The third-order valence-electron chi connectivity index (χ3n) is 8.51. The van der Waals surface area contributed by atoms with Crippen molar-refractivity contribution in [1.29, 1.82) is 0 Å². The van der Waals surface area contributed by atoms with Crippen LogP contribution in [0.4, 0.5) is 5.69 Å². The first-order valence-electron chi connectivity index (χ1n) is 14.5. The molecule has 3 aliphatic rings. The lowest BCUT2D eigenvalue weighted by Gasteiger charge is -2.43. The first-order valence-corrected chi connectivity index (χ1v) is 14.5. The standard InChI is InChI=1S/C33H34BNO7/c1-21(16-25-13-14-26(19-36)41-25)12-15-29-30-22(20-40-24-10-6-3-7-11-24)17-27-31(28(30)18-34(39)42-29)33(38)35(32(27)37)23-8-4-2-5-9-23/h2-11,13-14,16,27-29,31,36,39H,12,15,17-20H2,1H3/b21-16+/t27-,28+,29-,31-/m1/s1. The second-order valence-corrected chi connectivity index (χ2v) is 11.3. The van der Waals surface area contributed by atoms with Crippen LogP contribution in [-0.2, 0) is 20.9 Å². The number of hydrogen-bond acceptors (Lipinski definition) is 7. The molecule has 0 saturated carbocycles. The molecule has 42 heavy (non-hydrogen) atoms. The van der Waals surface area contributed by atoms with Gasteiger partial charge in [0.1, 0.15) is 30.5 Å². The summed E-state index contributed by atoms with van der Waals surface area (Å²) in [5.41, 5.74) is 3.55. The smallest absolute Gasteiger partial charge is 0.455 e. The van der Waals surface area contributed by atoms with Gasteiger partial charge in [-0.2, -0.15) is 0 Å². The van der Waals surface area contributed by atoms with Crippen molar-refractivity contribution >= 4 is 30.7 Å². The van der Waals surface area contributed by atoms with Gasteiger partial charge in [-0.05, 0) is 92.0 Å². The fourth-order valence-corrected chi connectivity index (χ4v) is 6.65. The number of rotatable bonds is 9. The lowest BCUT2D eigenvalue weighted by Crippen LogP contribution is -2.46. The number of amides is 2. The van der Waals surface area contributed by atoms with Crippen LogP contribution in [0.15, 0.2) is 93.9 Å². The van der Waals surface area contributed by atoms with Gasteiger partial charge >= 0.3 is 7.12 Å². The number of ether oxygens (including phenoxy) is 1. The molecule has 1 aromatic heterocycles. The molecule has 0 radical (unpaired) electrons. The Hall–Kier alpha value is -3.92. The van der Waals surface area contributed by atoms with E-state index in [1.807, 2.05) is 67.6 Å². The monoisotopic (exact) mass is 567 g/mol. The number of fused-ring (bicyclic) bond motifs is 3. The third kappa shape index (κ3) is 5.60. The fraction of sp³-hybridized carbons (Fsp3) is 0.333. The number of aliphatic hydroxyl groups is 1. The van der Waals surface area contributed by atoms with Crippen molar-refractivity contribution in [2.24, 2.45) is 17.8 Å². The van der Waals surface area contributed by atoms with E-state index >= 15 is 0 Å². The minimum atomic E-state index is -1.05. The molecule has 8 nitrogen and oxygen atoms in total. The zero-order valence-electron chi connectivity index (χ0n) is 23.5. The molecule has 0 unspecified atom stereocenters. The summed E-state index contributed by atoms with van der Waals surface area (Å²) < 4.78 is 17.9. The third-order valence-corrected chi connectivity index (χ3v) is 8.51. The molecule has 2 aliphatic heterocycles. The molecule has 3 aromatic rings. The maximum absolute atomic E-state index is 13.9. The van der Waals surface area contributed by atoms with Crippen molar-refractivity contribution in [3.05, 3.63) is 101 Å². The van der Waals surface area contributed by atoms with Crippen molar-refractivity contribution in [3.63, 3.8) is 0 Å². The number of benzene rings is 2. The van der Waals surface area contributed by atoms with E-state index in [0.29, 0.717) is 36.5 Å². The van der Waals surface area contributed by atoms with Crippen LogP contribution in [0.5, 0.6) is 5.75 Å². The largest absolute Gasteiger partial charge is 0.489 e. The molecule has 6 rings (SSSR count). The molecule has 4 atom stereocenters. The van der Waals surface area contributed by atoms with Gasteiger partial charge in [0, 0.05) is 0 Å². The van der Waals surface area contributed by atoms with E-state index in [2.05, 4.69) is 0 Å². The topological polar surface area (TPSA) is 109 Å². The molecule has 2 N–H and O–H groups in total. The highest BCUT2D eigenvalue weighted by Gasteiger charge is 2.57. The van der Waals surface area contributed by atoms with Crippen molar-refractivity contribution in [2.75, 3.05) is 11.5 Å². The molecule has 3 heterocycles. The van der Waals surface area contributed by atoms with Crippen molar-refractivity contribution < 1.29 is 33.5 Å². The van der Waals surface area contributed by atoms with Crippen LogP contribution in [0.2, 0.25) is 6.32 Å². The van der Waals surface area contributed by atoms with E-state index in [1.165, 1.54) is 4.90 Å². The van der Waals surface area contributed by atoms with Crippen LogP contribution >= 0.6 is 0 Å². The van der Waals surface area contributed by atoms with Gasteiger partial charge in [0.15, 0.2) is 0 Å². The Morgan fingerprint density at radius 1 is 1.02 bits per heavy atom. The van der Waals surface area contributed by atoms with E-state index in [1.54, 1.807) is 18.2 Å². The molecule has 216 valence electrons. The van der Waals surface area contributed by atoms with E-state index in [-0.39, 0.29) is 37.3 Å². The number of para-hydroxylation sites is 2. The van der Waals surface area contributed by atoms with Crippen molar-refractivity contribution in [2.45, 2.75) is 45.2 Å². The highest BCUT2D eigenvalue weighted by atomic mass is 16.5. The van der Waals surface area contributed by atoms with Crippen LogP contribution in [-0.4, -0.2) is 41.8 Å². The summed E-state index contributed by atoms with van der Waals surface area (Å²) >= 11 is 0. The minimum Gasteiger partial charge on any atom is -0.489 e. The molecule has 0 spiro atoms. The van der Waals surface area contributed by atoms with Gasteiger partial charge in [-0.15, -0.1) is 0 Å². The predicted molar refractivity (Wildman–Crippen MR) is 158 cm³/mol. The number of carbonyl (C=O) groups is 2. The zero-order chi connectivity index (χ0) is 29.2. The Morgan fingerprint density at radius 3 is 2.48 bits per heavy atom. The number of carbonyl (C=O) groups excluding carboxylic acids is 2. The Kier molecular flexibility index (Phi) is 8.15. The van der Waals surface area contributed by atoms with Crippen molar-refractivity contribution in [3.8, 4) is 5.75 Å². The first kappa shape index (κ1) is 28.2. The molecule has 0 bridgehead atoms. The summed E-state index contributed by atoms with van der Waals surface area (Å²) in [6, 6.07) is 22.1. The van der Waals surface area contributed by atoms with Crippen LogP contribution in [0.1, 0.15) is 37.7 Å². The lowest BCUT2D eigenvalue weighted by molar-refractivity contribution is -0.122. The Morgan fingerprint density at radius 2 is 1.76 bits per heavy atom. The van der Waals surface area contributed by atoms with Gasteiger partial charge in [0.05, 0.1) is 23.6 Å². The number of furan rings is 1. The van der Waals surface area contributed by atoms with E-state index in [0.717, 1.165) is 22.5 Å². The Balaban J connectivity index is 1.31. The fourth-order valence-electron chi connectivity index (χ4n) is 6.65. The van der Waals surface area contributed by atoms with E-state index in [9.17, 15) is 19.7 Å². The normalized spacial score (nSPS) is 24.2. The quantitative estimate of drug-likeness (QED) is 0.212. The minimum absolute atomic E-state index is 0.158. The molecular formula is C33H34BNO7. The SMILES string of the molecule is C/C(=C\c1ccc(CO)o1)CC[C@H]1OB(O)C[C@H]2C1=C(COc1ccccc1)C[C@H]1C(=O)N(c3ccccc3)C(=O)[C@H]12. The maximum atomic E-state index is 13.9. The van der Waals surface area contributed by atoms with Crippen LogP contribution < -0.4 is 9.64 Å². The molecule has 2 amide bonds. The first-order chi connectivity index (χ1) is 20.4. The summed E-state index contributed by atoms with van der Waals surface area (Å²) in [6.45, 7) is 2.11. The average molecular weight is 567 g/mol. The summed E-state index contributed by atoms with van der Waals surface area (Å²) in [4.78, 5) is 28.9. The zero-order valence-corrected chi connectivity index (χ0v) is 23.5. The number of hydrogen-bond donors (Lipinski definition) is 2. The molecular weight excluding hydrogens is 533 g/mol. The molecule has 2 aromatic carbocycles. The van der Waals surface area contributed by atoms with Crippen LogP contribution in [0.3, 0.4) is 0 Å². The second-order valence-electron chi connectivity index (χ2n) is 11.3. The average Bonchev–Trinajstić information content (AvgIpc) is 3.56. The van der Waals surface area contributed by atoms with Gasteiger partial charge in [-0.3, -0.25) is 14.5 Å². The van der Waals surface area contributed by atoms with Crippen LogP contribution in [0.25, 0.3) is 6.08 Å². The number of nitrogens with zero attached hydrogens (tertiary/aromatic N) is 1. The van der Waals surface area contributed by atoms with E-state index < -0.39 is 25.1 Å². The summed E-state index contributed by atoms with van der Waals surface area (Å²) in [7, 11) is -1.05. The number of anilines is 1. The maximum Gasteiger partial charge on any atom is 0.455 e. The van der Waals surface area contributed by atoms with Crippen LogP contribution in [0, 0.1) is 17.8 Å². The number of allylic oxidation sites excluding steroid dienone is 1. The van der Waals surface area contributed by atoms with Gasteiger partial charge in [-0.25, -0.2) is 0 Å². The Labute approximate surface area is 245 Å². The molecule has 9 heteroatoms. The number of imide groups is 1. The van der Waals surface area contributed by atoms with Crippen molar-refractivity contribution in [1.82, 2.24) is 0 Å². The van der Waals surface area contributed by atoms with Gasteiger partial charge in [-0.1, -0.05) is 42.0 Å². The summed E-state index contributed by atoms with van der Waals surface area (Å²) in [5.74, 6) is 0.0367. The summed E-state index contributed by atoms with van der Waals surface area (Å²) in [5, 5.41) is 20.2. The highest BCUT2D eigenvalue weighted by Crippen LogP contribution is 2.51. The second kappa shape index (κ2) is 12.1. The Bertz CT molecular complexity index is 1500. The van der Waals surface area contributed by atoms with Gasteiger partial charge in [0.2, 0.25) is 11.8 Å². The highest BCUT2D eigenvalue weighted by molar-refractivity contribution is 6.43. The number of aliphatic hydroxyl groups excluding tert-OH is 1. The lowest BCUT2D eigenvalue weighted by atomic mass is 9.58. The van der Waals surface area contributed by atoms with E-state index in [4.69, 9.17) is 13.8 Å². The molecule has 2 saturated heterocycles. The molecule has 1 aliphatic carbocycles. The van der Waals surface area contributed by atoms with Gasteiger partial charge in [0.25, 0.3) is 0 Å². The predicted octanol–water partition coefficient (Wildman–Crippen LogP) is 5.04.